The molecule has 1 aromatic carbocycles. The number of esters is 1. The molecular weight excluding hydrogens is 350 g/mol. The van der Waals surface area contributed by atoms with Gasteiger partial charge in [-0.05, 0) is 25.3 Å². The number of imide groups is 1. The van der Waals surface area contributed by atoms with Crippen LogP contribution >= 0.6 is 0 Å². The van der Waals surface area contributed by atoms with Crippen LogP contribution < -0.4 is 10.6 Å². The van der Waals surface area contributed by atoms with Crippen molar-refractivity contribution in [2.75, 3.05) is 13.2 Å². The van der Waals surface area contributed by atoms with E-state index < -0.39 is 36.6 Å². The van der Waals surface area contributed by atoms with Gasteiger partial charge in [-0.2, -0.15) is 0 Å². The van der Waals surface area contributed by atoms with Crippen molar-refractivity contribution < 1.29 is 23.9 Å². The van der Waals surface area contributed by atoms with Crippen LogP contribution in [0.5, 0.6) is 0 Å². The summed E-state index contributed by atoms with van der Waals surface area (Å²) in [5.74, 6) is -1.63. The van der Waals surface area contributed by atoms with Gasteiger partial charge in [-0.1, -0.05) is 43.2 Å². The Bertz CT molecular complexity index is 743. The summed E-state index contributed by atoms with van der Waals surface area (Å²) in [5.41, 5.74) is 0.0678. The van der Waals surface area contributed by atoms with Gasteiger partial charge in [0.1, 0.15) is 12.1 Å². The smallest absolute Gasteiger partial charge is 0.326 e. The monoisotopic (exact) mass is 373 g/mol. The molecule has 0 radical (unpaired) electrons. The third-order valence-electron chi connectivity index (χ3n) is 5.03. The average molecular weight is 373 g/mol. The van der Waals surface area contributed by atoms with Crippen molar-refractivity contribution in [1.82, 2.24) is 15.5 Å². The molecule has 3 rings (SSSR count). The number of hydrogen-bond acceptors (Lipinski definition) is 5. The average Bonchev–Trinajstić information content (AvgIpc) is 3.21. The second-order valence-electron chi connectivity index (χ2n) is 6.97. The highest BCUT2D eigenvalue weighted by Gasteiger charge is 2.52. The van der Waals surface area contributed by atoms with Crippen LogP contribution in [0.4, 0.5) is 4.79 Å². The lowest BCUT2D eigenvalue weighted by Crippen LogP contribution is -2.44. The Balaban J connectivity index is 1.46. The maximum Gasteiger partial charge on any atom is 0.326 e. The molecule has 2 N–H and O–H groups in total. The Morgan fingerprint density at radius 2 is 1.89 bits per heavy atom. The van der Waals surface area contributed by atoms with Crippen molar-refractivity contribution >= 4 is 23.8 Å². The SMILES string of the molecule is C[C@H](NC(=O)COC(=O)CN1C(=O)NC2(CCCC2)C1=O)c1ccccc1. The van der Waals surface area contributed by atoms with Gasteiger partial charge in [-0.25, -0.2) is 4.79 Å². The number of urea groups is 1. The Kier molecular flexibility index (Phi) is 5.43. The molecule has 0 unspecified atom stereocenters. The van der Waals surface area contributed by atoms with E-state index in [1.807, 2.05) is 37.3 Å². The molecule has 1 aliphatic carbocycles. The zero-order valence-electron chi connectivity index (χ0n) is 15.2. The van der Waals surface area contributed by atoms with Crippen molar-refractivity contribution in [1.29, 1.82) is 0 Å². The molecule has 4 amide bonds. The van der Waals surface area contributed by atoms with Crippen LogP contribution in [0.1, 0.15) is 44.2 Å². The molecule has 1 saturated carbocycles. The molecule has 27 heavy (non-hydrogen) atoms. The molecule has 1 atom stereocenters. The fourth-order valence-electron chi connectivity index (χ4n) is 3.57. The molecule has 0 bridgehead atoms. The molecule has 8 heteroatoms. The van der Waals surface area contributed by atoms with Crippen LogP contribution in [-0.2, 0) is 19.1 Å². The lowest BCUT2D eigenvalue weighted by atomic mass is 9.98. The number of hydrogen-bond donors (Lipinski definition) is 2. The first kappa shape index (κ1) is 18.9. The maximum atomic E-state index is 12.5. The predicted molar refractivity (Wildman–Crippen MR) is 95.4 cm³/mol. The van der Waals surface area contributed by atoms with Crippen molar-refractivity contribution in [3.63, 3.8) is 0 Å². The number of carbonyl (C=O) groups excluding carboxylic acids is 4. The number of nitrogens with one attached hydrogen (secondary N) is 2. The molecule has 2 aliphatic rings. The van der Waals surface area contributed by atoms with E-state index in [1.165, 1.54) is 0 Å². The topological polar surface area (TPSA) is 105 Å². The lowest BCUT2D eigenvalue weighted by Gasteiger charge is -2.19. The van der Waals surface area contributed by atoms with E-state index in [2.05, 4.69) is 10.6 Å². The summed E-state index contributed by atoms with van der Waals surface area (Å²) in [6, 6.07) is 8.57. The Morgan fingerprint density at radius 3 is 2.56 bits per heavy atom. The van der Waals surface area contributed by atoms with Crippen molar-refractivity contribution in [3.8, 4) is 0 Å². The van der Waals surface area contributed by atoms with Gasteiger partial charge in [-0.3, -0.25) is 19.3 Å². The molecule has 144 valence electrons. The summed E-state index contributed by atoms with van der Waals surface area (Å²) >= 11 is 0. The Morgan fingerprint density at radius 1 is 1.22 bits per heavy atom. The third-order valence-corrected chi connectivity index (χ3v) is 5.03. The first-order valence-electron chi connectivity index (χ1n) is 9.05. The van der Waals surface area contributed by atoms with E-state index in [1.54, 1.807) is 0 Å². The molecule has 1 aliphatic heterocycles. The second kappa shape index (κ2) is 7.77. The summed E-state index contributed by atoms with van der Waals surface area (Å²) in [4.78, 5) is 49.3. The number of rotatable bonds is 6. The quantitative estimate of drug-likeness (QED) is 0.577. The molecule has 1 spiro atoms. The van der Waals surface area contributed by atoms with Gasteiger partial charge in [0.2, 0.25) is 0 Å². The lowest BCUT2D eigenvalue weighted by molar-refractivity contribution is -0.151. The van der Waals surface area contributed by atoms with E-state index >= 15 is 0 Å². The summed E-state index contributed by atoms with van der Waals surface area (Å²) in [5, 5.41) is 5.42. The van der Waals surface area contributed by atoms with E-state index in [0.717, 1.165) is 23.3 Å². The van der Waals surface area contributed by atoms with Crippen LogP contribution in [-0.4, -0.2) is 47.4 Å². The van der Waals surface area contributed by atoms with Crippen LogP contribution in [0.25, 0.3) is 0 Å². The minimum Gasteiger partial charge on any atom is -0.454 e. The van der Waals surface area contributed by atoms with Crippen LogP contribution in [0, 0.1) is 0 Å². The minimum atomic E-state index is -0.861. The number of carbonyl (C=O) groups is 4. The van der Waals surface area contributed by atoms with Gasteiger partial charge in [-0.15, -0.1) is 0 Å². The highest BCUT2D eigenvalue weighted by Crippen LogP contribution is 2.34. The third kappa shape index (κ3) is 4.10. The summed E-state index contributed by atoms with van der Waals surface area (Å²) in [7, 11) is 0. The van der Waals surface area contributed by atoms with Crippen molar-refractivity contribution in [2.24, 2.45) is 0 Å². The summed E-state index contributed by atoms with van der Waals surface area (Å²) in [6.07, 6.45) is 2.90. The highest BCUT2D eigenvalue weighted by atomic mass is 16.5. The summed E-state index contributed by atoms with van der Waals surface area (Å²) in [6.45, 7) is 0.863. The van der Waals surface area contributed by atoms with Gasteiger partial charge < -0.3 is 15.4 Å². The fourth-order valence-corrected chi connectivity index (χ4v) is 3.57. The van der Waals surface area contributed by atoms with Gasteiger partial charge in [0, 0.05) is 0 Å². The standard InChI is InChI=1S/C19H23N3O5/c1-13(14-7-3-2-4-8-14)20-15(23)12-27-16(24)11-22-17(25)19(21-18(22)26)9-5-6-10-19/h2-4,7-8,13H,5-6,9-12H2,1H3,(H,20,23)(H,21,26)/t13-/m0/s1. The number of benzene rings is 1. The molecule has 1 saturated heterocycles. The fraction of sp³-hybridized carbons (Fsp3) is 0.474. The zero-order chi connectivity index (χ0) is 19.4. The van der Waals surface area contributed by atoms with Gasteiger partial charge >= 0.3 is 12.0 Å². The molecule has 1 heterocycles. The van der Waals surface area contributed by atoms with Gasteiger partial charge in [0.05, 0.1) is 6.04 Å². The van der Waals surface area contributed by atoms with Gasteiger partial charge in [0.25, 0.3) is 11.8 Å². The maximum absolute atomic E-state index is 12.5. The predicted octanol–water partition coefficient (Wildman–Crippen LogP) is 1.27. The van der Waals surface area contributed by atoms with E-state index in [9.17, 15) is 19.2 Å². The summed E-state index contributed by atoms with van der Waals surface area (Å²) < 4.78 is 4.93. The molecule has 1 aromatic rings. The Labute approximate surface area is 157 Å². The number of amides is 4. The zero-order valence-corrected chi connectivity index (χ0v) is 15.2. The first-order valence-corrected chi connectivity index (χ1v) is 9.05. The van der Waals surface area contributed by atoms with Crippen LogP contribution in [0.3, 0.4) is 0 Å². The van der Waals surface area contributed by atoms with E-state index in [4.69, 9.17) is 4.74 Å². The second-order valence-corrected chi connectivity index (χ2v) is 6.97. The molecular formula is C19H23N3O5. The normalized spacial score (nSPS) is 19.1. The largest absolute Gasteiger partial charge is 0.454 e. The number of ether oxygens (including phenoxy) is 1. The van der Waals surface area contributed by atoms with Crippen molar-refractivity contribution in [2.45, 2.75) is 44.2 Å². The van der Waals surface area contributed by atoms with Crippen LogP contribution in [0.2, 0.25) is 0 Å². The number of nitrogens with zero attached hydrogens (tertiary/aromatic N) is 1. The first-order chi connectivity index (χ1) is 12.9. The van der Waals surface area contributed by atoms with E-state index in [-0.39, 0.29) is 11.9 Å². The Hall–Kier alpha value is -2.90. The molecule has 8 nitrogen and oxygen atoms in total. The van der Waals surface area contributed by atoms with Crippen molar-refractivity contribution in [3.05, 3.63) is 35.9 Å². The van der Waals surface area contributed by atoms with Gasteiger partial charge in [0.15, 0.2) is 6.61 Å². The van der Waals surface area contributed by atoms with E-state index in [0.29, 0.717) is 12.8 Å². The minimum absolute atomic E-state index is 0.231. The molecule has 2 fully saturated rings. The highest BCUT2D eigenvalue weighted by molar-refractivity contribution is 6.08. The van der Waals surface area contributed by atoms with Crippen LogP contribution in [0.15, 0.2) is 30.3 Å². The molecule has 0 aromatic heterocycles.